The zero-order valence-electron chi connectivity index (χ0n) is 17.5. The first-order valence-electron chi connectivity index (χ1n) is 10.8. The molecule has 5 nitrogen and oxygen atoms in total. The number of nitrogens with one attached hydrogen (secondary N) is 1. The number of amides is 2. The van der Waals surface area contributed by atoms with Gasteiger partial charge < -0.3 is 14.8 Å². The van der Waals surface area contributed by atoms with Crippen LogP contribution in [0.15, 0.2) is 42.1 Å². The first-order valence-corrected chi connectivity index (χ1v) is 10.8. The molecule has 0 radical (unpaired) electrons. The lowest BCUT2D eigenvalue weighted by molar-refractivity contribution is -0.126. The number of rotatable bonds is 4. The molecule has 1 N–H and O–H groups in total. The fraction of sp³-hybridized carbons (Fsp3) is 0.500. The topological polar surface area (TPSA) is 54.3 Å². The highest BCUT2D eigenvalue weighted by molar-refractivity contribution is 5.98. The predicted octanol–water partition coefficient (Wildman–Crippen LogP) is 3.89. The first kappa shape index (κ1) is 19.7. The molecule has 2 aliphatic rings. The lowest BCUT2D eigenvalue weighted by atomic mass is 9.82. The van der Waals surface area contributed by atoms with Crippen molar-refractivity contribution in [2.24, 2.45) is 18.9 Å². The highest BCUT2D eigenvalue weighted by atomic mass is 16.2. The normalized spacial score (nSPS) is 22.4. The average molecular weight is 394 g/mol. The molecule has 1 aliphatic heterocycles. The number of carbonyl (C=O) groups excluding carboxylic acids is 2. The van der Waals surface area contributed by atoms with Gasteiger partial charge in [0.15, 0.2) is 0 Å². The highest BCUT2D eigenvalue weighted by Crippen LogP contribution is 2.28. The molecule has 0 bridgehead atoms. The summed E-state index contributed by atoms with van der Waals surface area (Å²) >= 11 is 0. The Balaban J connectivity index is 1.30. The van der Waals surface area contributed by atoms with Crippen LogP contribution in [0.4, 0.5) is 0 Å². The Bertz CT molecular complexity index is 935. The SMILES string of the molecule is CC1CCC(C(=O)NCC2=CCN(C(=O)c3ccc4c(ccn4C)c3)CC2)CC1. The Kier molecular flexibility index (Phi) is 5.74. The largest absolute Gasteiger partial charge is 0.352 e. The lowest BCUT2D eigenvalue weighted by Gasteiger charge is -2.28. The molecule has 154 valence electrons. The minimum atomic E-state index is 0.0754. The second-order valence-corrected chi connectivity index (χ2v) is 8.74. The van der Waals surface area contributed by atoms with Crippen molar-refractivity contribution in [3.05, 3.63) is 47.7 Å². The van der Waals surface area contributed by atoms with E-state index >= 15 is 0 Å². The summed E-state index contributed by atoms with van der Waals surface area (Å²) in [4.78, 5) is 27.2. The maximum atomic E-state index is 12.9. The molecule has 1 aromatic heterocycles. The molecule has 29 heavy (non-hydrogen) atoms. The average Bonchev–Trinajstić information content (AvgIpc) is 3.12. The summed E-state index contributed by atoms with van der Waals surface area (Å²) in [6, 6.07) is 7.93. The van der Waals surface area contributed by atoms with Gasteiger partial charge in [0, 0.05) is 55.3 Å². The Morgan fingerprint density at radius 3 is 2.66 bits per heavy atom. The molecule has 0 atom stereocenters. The summed E-state index contributed by atoms with van der Waals surface area (Å²) in [5.74, 6) is 1.21. The third kappa shape index (κ3) is 4.39. The number of aromatic nitrogens is 1. The molecule has 4 rings (SSSR count). The van der Waals surface area contributed by atoms with Crippen molar-refractivity contribution < 1.29 is 9.59 Å². The zero-order valence-corrected chi connectivity index (χ0v) is 17.5. The van der Waals surface area contributed by atoms with Gasteiger partial charge in [-0.3, -0.25) is 9.59 Å². The van der Waals surface area contributed by atoms with Crippen LogP contribution in [0.3, 0.4) is 0 Å². The van der Waals surface area contributed by atoms with E-state index in [-0.39, 0.29) is 17.7 Å². The van der Waals surface area contributed by atoms with Crippen molar-refractivity contribution in [2.75, 3.05) is 19.6 Å². The number of benzene rings is 1. The van der Waals surface area contributed by atoms with Gasteiger partial charge in [-0.1, -0.05) is 18.6 Å². The number of hydrogen-bond donors (Lipinski definition) is 1. The van der Waals surface area contributed by atoms with Gasteiger partial charge >= 0.3 is 0 Å². The summed E-state index contributed by atoms with van der Waals surface area (Å²) in [6.45, 7) is 4.20. The minimum absolute atomic E-state index is 0.0754. The Labute approximate surface area is 172 Å². The van der Waals surface area contributed by atoms with E-state index in [4.69, 9.17) is 0 Å². The van der Waals surface area contributed by atoms with E-state index in [0.717, 1.165) is 54.5 Å². The standard InChI is InChI=1S/C24H31N3O2/c1-17-3-5-19(6-4-17)23(28)25-16-18-9-13-27(14-10-18)24(29)21-7-8-22-20(15-21)11-12-26(22)2/h7-9,11-12,15,17,19H,3-6,10,13-14,16H2,1-2H3,(H,25,28). The molecule has 1 aliphatic carbocycles. The molecule has 0 saturated heterocycles. The monoisotopic (exact) mass is 393 g/mol. The van der Waals surface area contributed by atoms with Gasteiger partial charge in [0.05, 0.1) is 0 Å². The van der Waals surface area contributed by atoms with Crippen LogP contribution in [0.1, 0.15) is 49.4 Å². The van der Waals surface area contributed by atoms with Crippen LogP contribution in [-0.4, -0.2) is 40.9 Å². The van der Waals surface area contributed by atoms with E-state index in [1.165, 1.54) is 5.57 Å². The molecule has 5 heteroatoms. The van der Waals surface area contributed by atoms with Crippen molar-refractivity contribution in [1.82, 2.24) is 14.8 Å². The molecule has 1 fully saturated rings. The molecule has 2 heterocycles. The number of carbonyl (C=O) groups is 2. The van der Waals surface area contributed by atoms with Crippen LogP contribution in [-0.2, 0) is 11.8 Å². The van der Waals surface area contributed by atoms with Crippen LogP contribution in [0.25, 0.3) is 10.9 Å². The van der Waals surface area contributed by atoms with Crippen LogP contribution in [0.5, 0.6) is 0 Å². The molecule has 0 spiro atoms. The molecule has 2 aromatic rings. The summed E-state index contributed by atoms with van der Waals surface area (Å²) in [6.07, 6.45) is 9.28. The molecule has 0 unspecified atom stereocenters. The van der Waals surface area contributed by atoms with Gasteiger partial charge in [0.25, 0.3) is 5.91 Å². The van der Waals surface area contributed by atoms with E-state index in [1.54, 1.807) is 0 Å². The van der Waals surface area contributed by atoms with Crippen molar-refractivity contribution in [2.45, 2.75) is 39.0 Å². The molecule has 2 amide bonds. The van der Waals surface area contributed by atoms with Crippen LogP contribution in [0.2, 0.25) is 0 Å². The van der Waals surface area contributed by atoms with Crippen molar-refractivity contribution >= 4 is 22.7 Å². The molecule has 1 saturated carbocycles. The summed E-state index contributed by atoms with van der Waals surface area (Å²) < 4.78 is 2.06. The van der Waals surface area contributed by atoms with E-state index in [2.05, 4.69) is 22.9 Å². The highest BCUT2D eigenvalue weighted by Gasteiger charge is 2.25. The van der Waals surface area contributed by atoms with Crippen molar-refractivity contribution in [3.8, 4) is 0 Å². The van der Waals surface area contributed by atoms with Gasteiger partial charge in [0.1, 0.15) is 0 Å². The minimum Gasteiger partial charge on any atom is -0.352 e. The van der Waals surface area contributed by atoms with Crippen LogP contribution >= 0.6 is 0 Å². The van der Waals surface area contributed by atoms with E-state index in [1.807, 2.05) is 42.4 Å². The Morgan fingerprint density at radius 2 is 1.93 bits per heavy atom. The van der Waals surface area contributed by atoms with Crippen LogP contribution in [0, 0.1) is 11.8 Å². The number of fused-ring (bicyclic) bond motifs is 1. The number of aryl methyl sites for hydroxylation is 1. The van der Waals surface area contributed by atoms with Crippen LogP contribution < -0.4 is 5.32 Å². The quantitative estimate of drug-likeness (QED) is 0.801. The van der Waals surface area contributed by atoms with E-state index in [0.29, 0.717) is 19.6 Å². The summed E-state index contributed by atoms with van der Waals surface area (Å²) in [5.41, 5.74) is 3.09. The van der Waals surface area contributed by atoms with Gasteiger partial charge in [-0.15, -0.1) is 0 Å². The van der Waals surface area contributed by atoms with E-state index in [9.17, 15) is 9.59 Å². The van der Waals surface area contributed by atoms with Gasteiger partial charge in [0.2, 0.25) is 5.91 Å². The molecule has 1 aromatic carbocycles. The maximum Gasteiger partial charge on any atom is 0.254 e. The van der Waals surface area contributed by atoms with E-state index < -0.39 is 0 Å². The fourth-order valence-electron chi connectivity index (χ4n) is 4.52. The fourth-order valence-corrected chi connectivity index (χ4v) is 4.52. The van der Waals surface area contributed by atoms with Crippen molar-refractivity contribution in [1.29, 1.82) is 0 Å². The van der Waals surface area contributed by atoms with Gasteiger partial charge in [-0.05, 0) is 62.3 Å². The lowest BCUT2D eigenvalue weighted by Crippen LogP contribution is -2.38. The first-order chi connectivity index (χ1) is 14.0. The third-order valence-electron chi connectivity index (χ3n) is 6.60. The number of hydrogen-bond acceptors (Lipinski definition) is 2. The predicted molar refractivity (Wildman–Crippen MR) is 116 cm³/mol. The Morgan fingerprint density at radius 1 is 1.14 bits per heavy atom. The smallest absolute Gasteiger partial charge is 0.254 e. The van der Waals surface area contributed by atoms with Gasteiger partial charge in [-0.25, -0.2) is 0 Å². The zero-order chi connectivity index (χ0) is 20.4. The molecular formula is C24H31N3O2. The van der Waals surface area contributed by atoms with Crippen molar-refractivity contribution in [3.63, 3.8) is 0 Å². The maximum absolute atomic E-state index is 12.9. The Hall–Kier alpha value is -2.56. The number of nitrogens with zero attached hydrogens (tertiary/aromatic N) is 2. The second kappa shape index (κ2) is 8.44. The molecular weight excluding hydrogens is 362 g/mol. The third-order valence-corrected chi connectivity index (χ3v) is 6.60. The summed E-state index contributed by atoms with van der Waals surface area (Å²) in [5, 5.41) is 4.21. The van der Waals surface area contributed by atoms with Gasteiger partial charge in [-0.2, -0.15) is 0 Å². The second-order valence-electron chi connectivity index (χ2n) is 8.74. The summed E-state index contributed by atoms with van der Waals surface area (Å²) in [7, 11) is 2.01.